The Bertz CT molecular complexity index is 150. The standard InChI is InChI=1S/C10H19FO/c1-9(2,3)12-7-8-5-10(4,11)6-8/h8H,5-7H2,1-4H3. The molecule has 1 aliphatic rings. The topological polar surface area (TPSA) is 9.23 Å². The monoisotopic (exact) mass is 174 g/mol. The van der Waals surface area contributed by atoms with Crippen molar-refractivity contribution < 1.29 is 9.13 Å². The lowest BCUT2D eigenvalue weighted by Crippen LogP contribution is -2.40. The maximum absolute atomic E-state index is 13.0. The zero-order valence-electron chi connectivity index (χ0n) is 8.48. The molecular weight excluding hydrogens is 155 g/mol. The smallest absolute Gasteiger partial charge is 0.109 e. The van der Waals surface area contributed by atoms with Gasteiger partial charge in [0.15, 0.2) is 0 Å². The van der Waals surface area contributed by atoms with Crippen LogP contribution in [0.2, 0.25) is 0 Å². The molecule has 0 aliphatic heterocycles. The van der Waals surface area contributed by atoms with E-state index in [2.05, 4.69) is 0 Å². The first-order chi connectivity index (χ1) is 5.29. The Morgan fingerprint density at radius 1 is 1.42 bits per heavy atom. The summed E-state index contributed by atoms with van der Waals surface area (Å²) in [5, 5.41) is 0. The Balaban J connectivity index is 2.12. The Kier molecular flexibility index (Phi) is 2.48. The van der Waals surface area contributed by atoms with E-state index in [0.717, 1.165) is 0 Å². The van der Waals surface area contributed by atoms with Crippen LogP contribution in [0, 0.1) is 5.92 Å². The van der Waals surface area contributed by atoms with E-state index in [9.17, 15) is 4.39 Å². The van der Waals surface area contributed by atoms with Gasteiger partial charge in [0.25, 0.3) is 0 Å². The molecule has 0 spiro atoms. The van der Waals surface area contributed by atoms with Crippen LogP contribution in [0.3, 0.4) is 0 Å². The molecule has 0 N–H and O–H groups in total. The van der Waals surface area contributed by atoms with Gasteiger partial charge in [0.05, 0.1) is 12.2 Å². The molecule has 1 rings (SSSR count). The van der Waals surface area contributed by atoms with E-state index in [4.69, 9.17) is 4.74 Å². The molecule has 0 heterocycles. The fourth-order valence-electron chi connectivity index (χ4n) is 1.63. The maximum atomic E-state index is 13.0. The minimum Gasteiger partial charge on any atom is -0.376 e. The third-order valence-electron chi connectivity index (χ3n) is 2.18. The molecule has 1 saturated carbocycles. The molecule has 2 heteroatoms. The van der Waals surface area contributed by atoms with Gasteiger partial charge in [-0.3, -0.25) is 0 Å². The van der Waals surface area contributed by atoms with Gasteiger partial charge in [0.2, 0.25) is 0 Å². The fourth-order valence-corrected chi connectivity index (χ4v) is 1.63. The molecule has 1 aliphatic carbocycles. The predicted molar refractivity (Wildman–Crippen MR) is 47.9 cm³/mol. The minimum absolute atomic E-state index is 0.0810. The molecule has 72 valence electrons. The predicted octanol–water partition coefficient (Wildman–Crippen LogP) is 2.94. The fraction of sp³-hybridized carbons (Fsp3) is 1.00. The molecule has 0 bridgehead atoms. The van der Waals surface area contributed by atoms with Crippen molar-refractivity contribution in [2.24, 2.45) is 5.92 Å². The van der Waals surface area contributed by atoms with Crippen molar-refractivity contribution in [3.8, 4) is 0 Å². The quantitative estimate of drug-likeness (QED) is 0.625. The molecule has 0 aromatic carbocycles. The summed E-state index contributed by atoms with van der Waals surface area (Å²) in [6.07, 6.45) is 1.34. The number of hydrogen-bond donors (Lipinski definition) is 0. The van der Waals surface area contributed by atoms with E-state index in [1.165, 1.54) is 0 Å². The van der Waals surface area contributed by atoms with Crippen molar-refractivity contribution in [3.63, 3.8) is 0 Å². The van der Waals surface area contributed by atoms with Gasteiger partial charge in [-0.15, -0.1) is 0 Å². The first-order valence-electron chi connectivity index (χ1n) is 4.61. The average Bonchev–Trinajstić information content (AvgIpc) is 1.76. The van der Waals surface area contributed by atoms with Gasteiger partial charge in [-0.2, -0.15) is 0 Å². The van der Waals surface area contributed by atoms with Crippen LogP contribution in [-0.2, 0) is 4.74 Å². The van der Waals surface area contributed by atoms with Crippen molar-refractivity contribution in [3.05, 3.63) is 0 Å². The zero-order valence-corrected chi connectivity index (χ0v) is 8.48. The average molecular weight is 174 g/mol. The first kappa shape index (κ1) is 9.97. The van der Waals surface area contributed by atoms with Crippen LogP contribution in [0.5, 0.6) is 0 Å². The molecular formula is C10H19FO. The molecule has 0 atom stereocenters. The molecule has 0 aromatic heterocycles. The lowest BCUT2D eigenvalue weighted by atomic mass is 9.74. The van der Waals surface area contributed by atoms with E-state index in [1.807, 2.05) is 20.8 Å². The maximum Gasteiger partial charge on any atom is 0.109 e. The van der Waals surface area contributed by atoms with Crippen molar-refractivity contribution in [2.75, 3.05) is 6.61 Å². The number of hydrogen-bond acceptors (Lipinski definition) is 1. The zero-order chi connectivity index (χ0) is 9.41. The van der Waals surface area contributed by atoms with E-state index < -0.39 is 5.67 Å². The molecule has 12 heavy (non-hydrogen) atoms. The Hall–Kier alpha value is -0.110. The van der Waals surface area contributed by atoms with Crippen molar-refractivity contribution in [1.29, 1.82) is 0 Å². The van der Waals surface area contributed by atoms with Gasteiger partial charge in [-0.25, -0.2) is 4.39 Å². The highest BCUT2D eigenvalue weighted by Crippen LogP contribution is 2.41. The third-order valence-corrected chi connectivity index (χ3v) is 2.18. The van der Waals surface area contributed by atoms with Gasteiger partial charge in [-0.05, 0) is 46.5 Å². The van der Waals surface area contributed by atoms with Gasteiger partial charge in [0.1, 0.15) is 5.67 Å². The minimum atomic E-state index is -0.911. The lowest BCUT2D eigenvalue weighted by Gasteiger charge is -2.39. The van der Waals surface area contributed by atoms with Crippen LogP contribution in [0.15, 0.2) is 0 Å². The number of halogens is 1. The van der Waals surface area contributed by atoms with Crippen molar-refractivity contribution in [2.45, 2.75) is 51.8 Å². The molecule has 0 amide bonds. The second-order valence-electron chi connectivity index (χ2n) is 5.11. The van der Waals surface area contributed by atoms with Crippen LogP contribution in [0.4, 0.5) is 4.39 Å². The highest BCUT2D eigenvalue weighted by Gasteiger charge is 2.40. The summed E-state index contributed by atoms with van der Waals surface area (Å²) in [5.74, 6) is 0.444. The summed E-state index contributed by atoms with van der Waals surface area (Å²) >= 11 is 0. The lowest BCUT2D eigenvalue weighted by molar-refractivity contribution is -0.0749. The third kappa shape index (κ3) is 3.10. The van der Waals surface area contributed by atoms with E-state index in [-0.39, 0.29) is 5.60 Å². The van der Waals surface area contributed by atoms with Gasteiger partial charge in [-0.1, -0.05) is 0 Å². The second kappa shape index (κ2) is 2.99. The molecule has 1 nitrogen and oxygen atoms in total. The number of alkyl halides is 1. The molecule has 0 aromatic rings. The summed E-state index contributed by atoms with van der Waals surface area (Å²) in [6.45, 7) is 8.46. The molecule has 1 fully saturated rings. The second-order valence-corrected chi connectivity index (χ2v) is 5.11. The normalized spacial score (nSPS) is 36.2. The van der Waals surface area contributed by atoms with Gasteiger partial charge >= 0.3 is 0 Å². The van der Waals surface area contributed by atoms with E-state index in [1.54, 1.807) is 6.92 Å². The Morgan fingerprint density at radius 2 is 1.92 bits per heavy atom. The Labute approximate surface area is 74.3 Å². The van der Waals surface area contributed by atoms with Crippen molar-refractivity contribution in [1.82, 2.24) is 0 Å². The molecule has 0 saturated heterocycles. The highest BCUT2D eigenvalue weighted by molar-refractivity contribution is 4.90. The summed E-state index contributed by atoms with van der Waals surface area (Å²) in [6, 6.07) is 0. The van der Waals surface area contributed by atoms with Crippen LogP contribution < -0.4 is 0 Å². The van der Waals surface area contributed by atoms with Crippen molar-refractivity contribution >= 4 is 0 Å². The summed E-state index contributed by atoms with van der Waals surface area (Å²) in [4.78, 5) is 0. The molecule has 0 unspecified atom stereocenters. The highest BCUT2D eigenvalue weighted by atomic mass is 19.1. The van der Waals surface area contributed by atoms with Crippen LogP contribution >= 0.6 is 0 Å². The van der Waals surface area contributed by atoms with Gasteiger partial charge < -0.3 is 4.74 Å². The summed E-state index contributed by atoms with van der Waals surface area (Å²) in [5.41, 5.74) is -0.992. The van der Waals surface area contributed by atoms with Crippen LogP contribution in [0.1, 0.15) is 40.5 Å². The summed E-state index contributed by atoms with van der Waals surface area (Å²) in [7, 11) is 0. The van der Waals surface area contributed by atoms with Crippen LogP contribution in [-0.4, -0.2) is 17.9 Å². The number of ether oxygens (including phenoxy) is 1. The first-order valence-corrected chi connectivity index (χ1v) is 4.61. The SMILES string of the molecule is CC1(F)CC(COC(C)(C)C)C1. The van der Waals surface area contributed by atoms with Crippen LogP contribution in [0.25, 0.3) is 0 Å². The largest absolute Gasteiger partial charge is 0.376 e. The molecule has 0 radical (unpaired) electrons. The summed E-state index contributed by atoms with van der Waals surface area (Å²) < 4.78 is 18.6. The Morgan fingerprint density at radius 3 is 2.25 bits per heavy atom. The van der Waals surface area contributed by atoms with Gasteiger partial charge in [0, 0.05) is 0 Å². The van der Waals surface area contributed by atoms with E-state index in [0.29, 0.717) is 25.4 Å². The van der Waals surface area contributed by atoms with E-state index >= 15 is 0 Å². The number of rotatable bonds is 2.